The van der Waals surface area contributed by atoms with E-state index in [1.807, 2.05) is 11.9 Å². The molecule has 0 bridgehead atoms. The number of hydrogen-bond donors (Lipinski definition) is 0. The average molecular weight is 355 g/mol. The first-order chi connectivity index (χ1) is 11.9. The van der Waals surface area contributed by atoms with Gasteiger partial charge in [-0.15, -0.1) is 11.3 Å². The molecule has 0 radical (unpaired) electrons. The molecule has 1 heterocycles. The first-order valence-corrected chi connectivity index (χ1v) is 10.4. The van der Waals surface area contributed by atoms with Crippen LogP contribution in [0.15, 0.2) is 58.9 Å². The van der Waals surface area contributed by atoms with Crippen LogP contribution in [0, 0.1) is 0 Å². The second-order valence-corrected chi connectivity index (χ2v) is 8.60. The summed E-state index contributed by atoms with van der Waals surface area (Å²) in [5.41, 5.74) is 2.41. The lowest BCUT2D eigenvalue weighted by atomic mass is 10.1. The quantitative estimate of drug-likeness (QED) is 0.391. The molecule has 4 heteroatoms. The van der Waals surface area contributed by atoms with Crippen molar-refractivity contribution in [1.29, 1.82) is 0 Å². The van der Waals surface area contributed by atoms with E-state index in [1.165, 1.54) is 48.9 Å². The summed E-state index contributed by atoms with van der Waals surface area (Å²) < 4.78 is 4.93. The van der Waals surface area contributed by atoms with Crippen LogP contribution in [0.25, 0.3) is 10.2 Å². The van der Waals surface area contributed by atoms with E-state index in [1.54, 1.807) is 11.3 Å². The third-order valence-corrected chi connectivity index (χ3v) is 6.88. The number of para-hydroxylation sites is 2. The zero-order valence-corrected chi connectivity index (χ0v) is 15.4. The third-order valence-electron chi connectivity index (χ3n) is 4.62. The Morgan fingerprint density at radius 3 is 2.33 bits per heavy atom. The predicted molar refractivity (Wildman–Crippen MR) is 106 cm³/mol. The van der Waals surface area contributed by atoms with Crippen molar-refractivity contribution < 1.29 is 0 Å². The fourth-order valence-electron chi connectivity index (χ4n) is 3.38. The largest absolute Gasteiger partial charge is 0.307 e. The number of nitrogens with zero attached hydrogens (tertiary/aromatic N) is 2. The van der Waals surface area contributed by atoms with Crippen molar-refractivity contribution in [2.24, 2.45) is 0 Å². The molecule has 0 unspecified atom stereocenters. The Bertz CT molecular complexity index is 743. The number of fused-ring (bicyclic) bond motifs is 1. The van der Waals surface area contributed by atoms with Crippen LogP contribution in [-0.4, -0.2) is 11.0 Å². The van der Waals surface area contributed by atoms with E-state index in [9.17, 15) is 0 Å². The molecule has 0 spiro atoms. The molecule has 0 saturated heterocycles. The second-order valence-electron chi connectivity index (χ2n) is 6.35. The van der Waals surface area contributed by atoms with Crippen LogP contribution in [0.4, 0.5) is 5.69 Å². The maximum atomic E-state index is 4.84. The Kier molecular flexibility index (Phi) is 5.04. The summed E-state index contributed by atoms with van der Waals surface area (Å²) in [5, 5.41) is 0. The predicted octanol–water partition coefficient (Wildman–Crippen LogP) is 6.53. The summed E-state index contributed by atoms with van der Waals surface area (Å²) in [7, 11) is 0. The van der Waals surface area contributed by atoms with Gasteiger partial charge in [0.1, 0.15) is 0 Å². The fourth-order valence-corrected chi connectivity index (χ4v) is 5.63. The average Bonchev–Trinajstić information content (AvgIpc) is 2.84. The summed E-state index contributed by atoms with van der Waals surface area (Å²) in [6, 6.07) is 19.9. The van der Waals surface area contributed by atoms with Crippen LogP contribution in [0.3, 0.4) is 0 Å². The first kappa shape index (κ1) is 16.0. The van der Waals surface area contributed by atoms with E-state index in [-0.39, 0.29) is 0 Å². The standard InChI is InChI=1S/C20H22N2S2/c1-2-5-11-16(10-4-1)22(17-12-6-3-7-13-17)24-20-21-18-14-8-9-15-19(18)23-20/h3,6-9,12-16H,1-2,4-5,10-11H2. The fraction of sp³-hybridized carbons (Fsp3) is 0.350. The Morgan fingerprint density at radius 2 is 1.58 bits per heavy atom. The maximum Gasteiger partial charge on any atom is 0.171 e. The van der Waals surface area contributed by atoms with Crippen molar-refractivity contribution in [3.8, 4) is 0 Å². The highest BCUT2D eigenvalue weighted by Gasteiger charge is 2.23. The Labute approximate surface area is 152 Å². The maximum absolute atomic E-state index is 4.84. The second kappa shape index (κ2) is 7.58. The van der Waals surface area contributed by atoms with Crippen molar-refractivity contribution in [3.63, 3.8) is 0 Å². The topological polar surface area (TPSA) is 16.1 Å². The van der Waals surface area contributed by atoms with Crippen LogP contribution < -0.4 is 4.31 Å². The van der Waals surface area contributed by atoms with Crippen molar-refractivity contribution in [2.75, 3.05) is 4.31 Å². The van der Waals surface area contributed by atoms with E-state index < -0.39 is 0 Å². The normalized spacial score (nSPS) is 16.2. The molecule has 24 heavy (non-hydrogen) atoms. The van der Waals surface area contributed by atoms with Gasteiger partial charge in [-0.3, -0.25) is 0 Å². The van der Waals surface area contributed by atoms with E-state index in [0.717, 1.165) is 9.86 Å². The van der Waals surface area contributed by atoms with Crippen LogP contribution in [0.5, 0.6) is 0 Å². The number of thiazole rings is 1. The molecular weight excluding hydrogens is 332 g/mol. The third kappa shape index (κ3) is 3.60. The summed E-state index contributed by atoms with van der Waals surface area (Å²) >= 11 is 3.62. The Hall–Kier alpha value is -1.52. The molecule has 124 valence electrons. The number of rotatable bonds is 4. The molecular formula is C20H22N2S2. The van der Waals surface area contributed by atoms with Gasteiger partial charge in [-0.25, -0.2) is 4.98 Å². The molecule has 0 amide bonds. The summed E-state index contributed by atoms with van der Waals surface area (Å²) in [4.78, 5) is 4.84. The van der Waals surface area contributed by atoms with Gasteiger partial charge in [0.2, 0.25) is 0 Å². The smallest absolute Gasteiger partial charge is 0.171 e. The summed E-state index contributed by atoms with van der Waals surface area (Å²) in [6.45, 7) is 0. The summed E-state index contributed by atoms with van der Waals surface area (Å²) in [5.74, 6) is 0. The molecule has 0 aliphatic heterocycles. The lowest BCUT2D eigenvalue weighted by molar-refractivity contribution is 0.590. The van der Waals surface area contributed by atoms with Gasteiger partial charge in [-0.05, 0) is 37.1 Å². The van der Waals surface area contributed by atoms with Gasteiger partial charge in [0.15, 0.2) is 4.34 Å². The SMILES string of the molecule is c1ccc(N(Sc2nc3ccccc3s2)C2CCCCCC2)cc1. The Morgan fingerprint density at radius 1 is 0.875 bits per heavy atom. The minimum atomic E-state index is 0.604. The highest BCUT2D eigenvalue weighted by Crippen LogP contribution is 2.38. The van der Waals surface area contributed by atoms with Crippen molar-refractivity contribution in [3.05, 3.63) is 54.6 Å². The minimum Gasteiger partial charge on any atom is -0.307 e. The first-order valence-electron chi connectivity index (χ1n) is 8.78. The van der Waals surface area contributed by atoms with Crippen LogP contribution >= 0.6 is 23.3 Å². The molecule has 2 nitrogen and oxygen atoms in total. The zero-order chi connectivity index (χ0) is 16.2. The molecule has 1 aliphatic rings. The zero-order valence-electron chi connectivity index (χ0n) is 13.7. The molecule has 1 aliphatic carbocycles. The molecule has 0 N–H and O–H groups in total. The lowest BCUT2D eigenvalue weighted by Gasteiger charge is -2.31. The van der Waals surface area contributed by atoms with Gasteiger partial charge in [0, 0.05) is 23.7 Å². The van der Waals surface area contributed by atoms with Gasteiger partial charge < -0.3 is 4.31 Å². The van der Waals surface area contributed by atoms with Crippen molar-refractivity contribution >= 4 is 39.2 Å². The molecule has 1 saturated carbocycles. The highest BCUT2D eigenvalue weighted by atomic mass is 32.2. The van der Waals surface area contributed by atoms with Crippen LogP contribution in [-0.2, 0) is 0 Å². The molecule has 0 atom stereocenters. The molecule has 3 aromatic rings. The number of anilines is 1. The van der Waals surface area contributed by atoms with Gasteiger partial charge in [0.05, 0.1) is 10.2 Å². The van der Waals surface area contributed by atoms with Crippen molar-refractivity contribution in [2.45, 2.75) is 48.9 Å². The number of aromatic nitrogens is 1. The monoisotopic (exact) mass is 354 g/mol. The van der Waals surface area contributed by atoms with Crippen LogP contribution in [0.1, 0.15) is 38.5 Å². The summed E-state index contributed by atoms with van der Waals surface area (Å²) in [6.07, 6.45) is 8.01. The van der Waals surface area contributed by atoms with Gasteiger partial charge in [0.25, 0.3) is 0 Å². The lowest BCUT2D eigenvalue weighted by Crippen LogP contribution is -2.28. The van der Waals surface area contributed by atoms with E-state index in [4.69, 9.17) is 4.98 Å². The molecule has 1 aromatic heterocycles. The van der Waals surface area contributed by atoms with Gasteiger partial charge in [-0.2, -0.15) is 0 Å². The van der Waals surface area contributed by atoms with E-state index in [2.05, 4.69) is 58.9 Å². The molecule has 4 rings (SSSR count). The van der Waals surface area contributed by atoms with Crippen molar-refractivity contribution in [1.82, 2.24) is 4.98 Å². The van der Waals surface area contributed by atoms with Gasteiger partial charge >= 0.3 is 0 Å². The molecule has 2 aromatic carbocycles. The van der Waals surface area contributed by atoms with Gasteiger partial charge in [-0.1, -0.05) is 56.0 Å². The number of hydrogen-bond acceptors (Lipinski definition) is 4. The molecule has 1 fully saturated rings. The van der Waals surface area contributed by atoms with E-state index in [0.29, 0.717) is 6.04 Å². The minimum absolute atomic E-state index is 0.604. The van der Waals surface area contributed by atoms with Crippen LogP contribution in [0.2, 0.25) is 0 Å². The Balaban J connectivity index is 1.64. The number of benzene rings is 2. The highest BCUT2D eigenvalue weighted by molar-refractivity contribution is 8.02. The van der Waals surface area contributed by atoms with E-state index >= 15 is 0 Å².